The smallest absolute Gasteiger partial charge is 0.237 e. The third-order valence-electron chi connectivity index (χ3n) is 3.08. The van der Waals surface area contributed by atoms with Gasteiger partial charge in [0.05, 0.1) is 11.4 Å². The summed E-state index contributed by atoms with van der Waals surface area (Å²) in [5.41, 5.74) is 1.94. The van der Waals surface area contributed by atoms with E-state index < -0.39 is 0 Å². The minimum atomic E-state index is 0.0915. The molecule has 0 fully saturated rings. The fourth-order valence-corrected chi connectivity index (χ4v) is 3.78. The lowest BCUT2D eigenvalue weighted by Crippen LogP contribution is -2.28. The predicted octanol–water partition coefficient (Wildman–Crippen LogP) is 4.47. The third-order valence-corrected chi connectivity index (χ3v) is 5.34. The summed E-state index contributed by atoms with van der Waals surface area (Å²) in [6.07, 6.45) is 7.58. The predicted molar refractivity (Wildman–Crippen MR) is 93.3 cm³/mol. The molecule has 22 heavy (non-hydrogen) atoms. The van der Waals surface area contributed by atoms with Gasteiger partial charge in [0.15, 0.2) is 4.34 Å². The van der Waals surface area contributed by atoms with E-state index >= 15 is 0 Å². The van der Waals surface area contributed by atoms with Crippen molar-refractivity contribution < 1.29 is 4.79 Å². The lowest BCUT2D eigenvalue weighted by atomic mass is 10.2. The number of benzene rings is 1. The third kappa shape index (κ3) is 3.80. The van der Waals surface area contributed by atoms with Crippen LogP contribution >= 0.6 is 34.7 Å². The van der Waals surface area contributed by atoms with E-state index in [1.807, 2.05) is 54.1 Å². The average Bonchev–Trinajstić information content (AvgIpc) is 3.03. The second kappa shape index (κ2) is 7.13. The van der Waals surface area contributed by atoms with Crippen LogP contribution in [0.15, 0.2) is 58.4 Å². The van der Waals surface area contributed by atoms with Crippen molar-refractivity contribution in [3.05, 3.63) is 59.1 Å². The molecule has 1 aromatic carbocycles. The molecule has 6 heteroatoms. The molecular weight excluding hydrogens is 336 g/mol. The van der Waals surface area contributed by atoms with Gasteiger partial charge in [-0.1, -0.05) is 47.6 Å². The van der Waals surface area contributed by atoms with Crippen molar-refractivity contribution in [1.82, 2.24) is 9.88 Å². The largest absolute Gasteiger partial charge is 0.315 e. The monoisotopic (exact) mass is 348 g/mol. The van der Waals surface area contributed by atoms with Crippen LogP contribution in [-0.4, -0.2) is 28.1 Å². The van der Waals surface area contributed by atoms with E-state index in [1.165, 1.54) is 11.8 Å². The molecule has 0 radical (unpaired) electrons. The molecule has 2 aromatic rings. The molecule has 1 aliphatic rings. The lowest BCUT2D eigenvalue weighted by molar-refractivity contribution is -0.125. The zero-order valence-electron chi connectivity index (χ0n) is 11.6. The second-order valence-electron chi connectivity index (χ2n) is 4.61. The summed E-state index contributed by atoms with van der Waals surface area (Å²) in [6.45, 7) is 0.643. The van der Waals surface area contributed by atoms with E-state index in [9.17, 15) is 4.79 Å². The van der Waals surface area contributed by atoms with E-state index in [0.29, 0.717) is 17.3 Å². The molecule has 3 rings (SSSR count). The van der Waals surface area contributed by atoms with Crippen LogP contribution in [0, 0.1) is 0 Å². The van der Waals surface area contributed by atoms with Gasteiger partial charge in [-0.2, -0.15) is 0 Å². The van der Waals surface area contributed by atoms with Gasteiger partial charge in [0.25, 0.3) is 0 Å². The van der Waals surface area contributed by atoms with Gasteiger partial charge in [0.2, 0.25) is 5.91 Å². The molecule has 0 saturated heterocycles. The maximum atomic E-state index is 12.1. The number of amides is 1. The van der Waals surface area contributed by atoms with Crippen molar-refractivity contribution in [2.24, 2.45) is 0 Å². The summed E-state index contributed by atoms with van der Waals surface area (Å²) >= 11 is 8.91. The molecule has 0 bridgehead atoms. The van der Waals surface area contributed by atoms with Crippen LogP contribution in [0.5, 0.6) is 0 Å². The van der Waals surface area contributed by atoms with E-state index in [2.05, 4.69) is 4.98 Å². The number of carbonyl (C=O) groups excluding carboxylic acids is 1. The van der Waals surface area contributed by atoms with E-state index in [-0.39, 0.29) is 5.91 Å². The van der Waals surface area contributed by atoms with Crippen molar-refractivity contribution in [3.63, 3.8) is 0 Å². The number of thiazole rings is 1. The van der Waals surface area contributed by atoms with Gasteiger partial charge in [-0.3, -0.25) is 4.79 Å². The molecule has 0 N–H and O–H groups in total. The van der Waals surface area contributed by atoms with Gasteiger partial charge in [-0.25, -0.2) is 4.98 Å². The standard InChI is InChI=1S/C16H13ClN2OS2/c17-13-6-4-12(5-7-13)14-10-21-16(18-14)22-11-15(20)19-8-2-1-3-9-19/h1-8,10H,9,11H2. The van der Waals surface area contributed by atoms with E-state index in [0.717, 1.165) is 15.6 Å². The normalized spacial score (nSPS) is 13.6. The highest BCUT2D eigenvalue weighted by Gasteiger charge is 2.13. The summed E-state index contributed by atoms with van der Waals surface area (Å²) in [5.74, 6) is 0.486. The Morgan fingerprint density at radius 3 is 2.86 bits per heavy atom. The SMILES string of the molecule is O=C(CSc1nc(-c2ccc(Cl)cc2)cs1)N1C=CC=CC1. The van der Waals surface area contributed by atoms with Gasteiger partial charge in [0, 0.05) is 28.7 Å². The number of hydrogen-bond acceptors (Lipinski definition) is 4. The molecule has 3 nitrogen and oxygen atoms in total. The molecule has 1 amide bonds. The van der Waals surface area contributed by atoms with Crippen LogP contribution in [0.4, 0.5) is 0 Å². The number of aromatic nitrogens is 1. The molecule has 1 aromatic heterocycles. The summed E-state index contributed by atoms with van der Waals surface area (Å²) in [6, 6.07) is 7.59. The Morgan fingerprint density at radius 1 is 1.32 bits per heavy atom. The topological polar surface area (TPSA) is 33.2 Å². The van der Waals surface area contributed by atoms with Crippen molar-refractivity contribution in [1.29, 1.82) is 0 Å². The molecule has 2 heterocycles. The molecule has 0 unspecified atom stereocenters. The fourth-order valence-electron chi connectivity index (χ4n) is 1.94. The number of carbonyl (C=O) groups is 1. The highest BCUT2D eigenvalue weighted by Crippen LogP contribution is 2.29. The number of hydrogen-bond donors (Lipinski definition) is 0. The Labute approximate surface area is 142 Å². The van der Waals surface area contributed by atoms with Crippen LogP contribution in [0.25, 0.3) is 11.3 Å². The Morgan fingerprint density at radius 2 is 2.14 bits per heavy atom. The molecule has 112 valence electrons. The van der Waals surface area contributed by atoms with Crippen LogP contribution in [0.1, 0.15) is 0 Å². The maximum Gasteiger partial charge on any atom is 0.237 e. The minimum absolute atomic E-state index is 0.0915. The number of nitrogens with zero attached hydrogens (tertiary/aromatic N) is 2. The first-order valence-electron chi connectivity index (χ1n) is 6.69. The molecule has 1 aliphatic heterocycles. The summed E-state index contributed by atoms with van der Waals surface area (Å²) in [5, 5.41) is 2.71. The van der Waals surface area contributed by atoms with Gasteiger partial charge in [-0.05, 0) is 18.2 Å². The Bertz CT molecular complexity index is 722. The van der Waals surface area contributed by atoms with Crippen molar-refractivity contribution in [2.75, 3.05) is 12.3 Å². The maximum absolute atomic E-state index is 12.1. The minimum Gasteiger partial charge on any atom is -0.315 e. The summed E-state index contributed by atoms with van der Waals surface area (Å²) in [4.78, 5) is 18.3. The average molecular weight is 349 g/mol. The van der Waals surface area contributed by atoms with E-state index in [4.69, 9.17) is 11.6 Å². The van der Waals surface area contributed by atoms with Gasteiger partial charge in [0.1, 0.15) is 0 Å². The van der Waals surface area contributed by atoms with Crippen molar-refractivity contribution >= 4 is 40.6 Å². The van der Waals surface area contributed by atoms with Gasteiger partial charge < -0.3 is 4.90 Å². The zero-order chi connectivity index (χ0) is 15.4. The van der Waals surface area contributed by atoms with E-state index in [1.54, 1.807) is 16.2 Å². The van der Waals surface area contributed by atoms with Crippen LogP contribution in [0.3, 0.4) is 0 Å². The second-order valence-corrected chi connectivity index (χ2v) is 7.13. The van der Waals surface area contributed by atoms with Crippen molar-refractivity contribution in [3.8, 4) is 11.3 Å². The number of halogens is 1. The highest BCUT2D eigenvalue weighted by molar-refractivity contribution is 8.01. The van der Waals surface area contributed by atoms with Gasteiger partial charge >= 0.3 is 0 Å². The van der Waals surface area contributed by atoms with Crippen LogP contribution in [-0.2, 0) is 4.79 Å². The number of rotatable bonds is 4. The Balaban J connectivity index is 1.60. The number of allylic oxidation sites excluding steroid dienone is 2. The quantitative estimate of drug-likeness (QED) is 0.764. The Kier molecular flexibility index (Phi) is 4.97. The Hall–Kier alpha value is -1.56. The first kappa shape index (κ1) is 15.3. The van der Waals surface area contributed by atoms with Crippen LogP contribution in [0.2, 0.25) is 5.02 Å². The van der Waals surface area contributed by atoms with Crippen LogP contribution < -0.4 is 0 Å². The first-order chi connectivity index (χ1) is 10.7. The first-order valence-corrected chi connectivity index (χ1v) is 8.94. The lowest BCUT2D eigenvalue weighted by Gasteiger charge is -2.17. The molecular formula is C16H13ClN2OS2. The summed E-state index contributed by atoms with van der Waals surface area (Å²) in [7, 11) is 0. The summed E-state index contributed by atoms with van der Waals surface area (Å²) < 4.78 is 0.898. The molecule has 0 spiro atoms. The van der Waals surface area contributed by atoms with Crippen molar-refractivity contribution in [2.45, 2.75) is 4.34 Å². The molecule has 0 saturated carbocycles. The molecule has 0 atom stereocenters. The van der Waals surface area contributed by atoms with Gasteiger partial charge in [-0.15, -0.1) is 11.3 Å². The fraction of sp³-hybridized carbons (Fsp3) is 0.125. The zero-order valence-corrected chi connectivity index (χ0v) is 14.0. The highest BCUT2D eigenvalue weighted by atomic mass is 35.5. The molecule has 0 aliphatic carbocycles. The number of thioether (sulfide) groups is 1.